The Hall–Kier alpha value is -3.09. The third-order valence-corrected chi connectivity index (χ3v) is 5.20. The van der Waals surface area contributed by atoms with Crippen LogP contribution in [0.15, 0.2) is 30.3 Å². The molecule has 0 bridgehead atoms. The largest absolute Gasteiger partial charge is 0.462 e. The Kier molecular flexibility index (Phi) is 6.36. The molecule has 0 saturated heterocycles. The lowest BCUT2D eigenvalue weighted by molar-refractivity contribution is -0.153. The van der Waals surface area contributed by atoms with Crippen LogP contribution in [0.1, 0.15) is 39.8 Å². The maximum atomic E-state index is 12.4. The van der Waals surface area contributed by atoms with Crippen molar-refractivity contribution in [3.05, 3.63) is 58.4 Å². The highest BCUT2D eigenvalue weighted by molar-refractivity contribution is 5.91. The number of carbonyl (C=O) groups excluding carboxylic acids is 3. The van der Waals surface area contributed by atoms with Crippen LogP contribution >= 0.6 is 0 Å². The SMILES string of the molecule is CCOC(=O)c1cc(C)n(CC(=O)OCC(=O)N2CCc3ccccc3C2)c1C. The second-order valence-corrected chi connectivity index (χ2v) is 7.09. The molecule has 0 saturated carbocycles. The summed E-state index contributed by atoms with van der Waals surface area (Å²) in [5.74, 6) is -1.14. The first-order chi connectivity index (χ1) is 13.9. The summed E-state index contributed by atoms with van der Waals surface area (Å²) < 4.78 is 11.9. The molecule has 29 heavy (non-hydrogen) atoms. The van der Waals surface area contributed by atoms with Crippen molar-refractivity contribution in [2.45, 2.75) is 40.3 Å². The average molecular weight is 398 g/mol. The van der Waals surface area contributed by atoms with Gasteiger partial charge in [0.2, 0.25) is 0 Å². The van der Waals surface area contributed by atoms with E-state index in [0.29, 0.717) is 24.3 Å². The van der Waals surface area contributed by atoms with E-state index in [1.807, 2.05) is 18.2 Å². The lowest BCUT2D eigenvalue weighted by atomic mass is 10.00. The monoisotopic (exact) mass is 398 g/mol. The first-order valence-electron chi connectivity index (χ1n) is 9.74. The number of amides is 1. The van der Waals surface area contributed by atoms with E-state index in [0.717, 1.165) is 17.7 Å². The van der Waals surface area contributed by atoms with Crippen molar-refractivity contribution in [3.8, 4) is 0 Å². The summed E-state index contributed by atoms with van der Waals surface area (Å²) in [5, 5.41) is 0. The van der Waals surface area contributed by atoms with Crippen molar-refractivity contribution in [1.29, 1.82) is 0 Å². The van der Waals surface area contributed by atoms with E-state index in [1.165, 1.54) is 5.56 Å². The number of hydrogen-bond donors (Lipinski definition) is 0. The highest BCUT2D eigenvalue weighted by atomic mass is 16.5. The molecule has 1 aliphatic rings. The van der Waals surface area contributed by atoms with Crippen molar-refractivity contribution in [1.82, 2.24) is 9.47 Å². The summed E-state index contributed by atoms with van der Waals surface area (Å²) in [4.78, 5) is 38.4. The van der Waals surface area contributed by atoms with E-state index < -0.39 is 11.9 Å². The molecular formula is C22H26N2O5. The highest BCUT2D eigenvalue weighted by Gasteiger charge is 2.22. The van der Waals surface area contributed by atoms with Gasteiger partial charge in [-0.05, 0) is 44.4 Å². The predicted octanol–water partition coefficient (Wildman–Crippen LogP) is 2.41. The quantitative estimate of drug-likeness (QED) is 0.699. The van der Waals surface area contributed by atoms with Crippen molar-refractivity contribution in [2.24, 2.45) is 0 Å². The summed E-state index contributed by atoms with van der Waals surface area (Å²) in [7, 11) is 0. The predicted molar refractivity (Wildman–Crippen MR) is 106 cm³/mol. The van der Waals surface area contributed by atoms with Gasteiger partial charge in [-0.1, -0.05) is 24.3 Å². The normalized spacial score (nSPS) is 13.0. The van der Waals surface area contributed by atoms with Crippen LogP contribution in [0.2, 0.25) is 0 Å². The Labute approximate surface area is 170 Å². The molecule has 3 rings (SSSR count). The minimum atomic E-state index is -0.520. The van der Waals surface area contributed by atoms with E-state index >= 15 is 0 Å². The standard InChI is InChI=1S/C22H26N2O5/c1-4-28-22(27)19-11-15(2)24(16(19)3)13-21(26)29-14-20(25)23-10-9-17-7-5-6-8-18(17)12-23/h5-8,11H,4,9-10,12-14H2,1-3H3. The zero-order valence-electron chi connectivity index (χ0n) is 17.1. The molecule has 0 fully saturated rings. The highest BCUT2D eigenvalue weighted by Crippen LogP contribution is 2.19. The van der Waals surface area contributed by atoms with Gasteiger partial charge in [0, 0.05) is 24.5 Å². The third kappa shape index (κ3) is 4.67. The minimum absolute atomic E-state index is 0.0623. The molecule has 1 aromatic heterocycles. The van der Waals surface area contributed by atoms with E-state index in [4.69, 9.17) is 9.47 Å². The van der Waals surface area contributed by atoms with Gasteiger partial charge in [-0.2, -0.15) is 0 Å². The number of esters is 2. The minimum Gasteiger partial charge on any atom is -0.462 e. The van der Waals surface area contributed by atoms with Crippen LogP contribution in [0.5, 0.6) is 0 Å². The molecule has 2 heterocycles. The van der Waals surface area contributed by atoms with Gasteiger partial charge in [0.25, 0.3) is 5.91 Å². The Bertz CT molecular complexity index is 931. The van der Waals surface area contributed by atoms with E-state index in [1.54, 1.807) is 36.3 Å². The molecule has 154 valence electrons. The van der Waals surface area contributed by atoms with Crippen LogP contribution in [0.3, 0.4) is 0 Å². The second-order valence-electron chi connectivity index (χ2n) is 7.09. The number of ether oxygens (including phenoxy) is 2. The van der Waals surface area contributed by atoms with Gasteiger partial charge >= 0.3 is 11.9 Å². The number of aryl methyl sites for hydroxylation is 1. The van der Waals surface area contributed by atoms with Gasteiger partial charge in [-0.3, -0.25) is 9.59 Å². The molecule has 1 amide bonds. The summed E-state index contributed by atoms with van der Waals surface area (Å²) in [6, 6.07) is 9.73. The summed E-state index contributed by atoms with van der Waals surface area (Å²) in [6.07, 6.45) is 0.800. The molecule has 7 nitrogen and oxygen atoms in total. The van der Waals surface area contributed by atoms with Crippen LogP contribution in [0.25, 0.3) is 0 Å². The van der Waals surface area contributed by atoms with Crippen molar-refractivity contribution in [2.75, 3.05) is 19.8 Å². The maximum Gasteiger partial charge on any atom is 0.339 e. The molecule has 0 unspecified atom stereocenters. The second kappa shape index (κ2) is 8.94. The van der Waals surface area contributed by atoms with Crippen molar-refractivity contribution in [3.63, 3.8) is 0 Å². The number of rotatable bonds is 6. The van der Waals surface area contributed by atoms with Gasteiger partial charge < -0.3 is 18.9 Å². The molecule has 0 aliphatic carbocycles. The number of benzene rings is 1. The summed E-state index contributed by atoms with van der Waals surface area (Å²) in [6.45, 7) is 6.39. The van der Waals surface area contributed by atoms with E-state index in [9.17, 15) is 14.4 Å². The molecule has 0 spiro atoms. The van der Waals surface area contributed by atoms with E-state index in [2.05, 4.69) is 6.07 Å². The number of nitrogens with zero attached hydrogens (tertiary/aromatic N) is 2. The van der Waals surface area contributed by atoms with Crippen molar-refractivity contribution < 1.29 is 23.9 Å². The number of hydrogen-bond acceptors (Lipinski definition) is 5. The van der Waals surface area contributed by atoms with Gasteiger partial charge in [-0.15, -0.1) is 0 Å². The van der Waals surface area contributed by atoms with Gasteiger partial charge in [0.15, 0.2) is 6.61 Å². The van der Waals surface area contributed by atoms with Crippen LogP contribution in [0, 0.1) is 13.8 Å². The molecule has 1 aromatic carbocycles. The van der Waals surface area contributed by atoms with Gasteiger partial charge in [0.05, 0.1) is 12.2 Å². The molecule has 0 atom stereocenters. The Morgan fingerprint density at radius 3 is 2.52 bits per heavy atom. The van der Waals surface area contributed by atoms with Gasteiger partial charge in [0.1, 0.15) is 6.54 Å². The molecule has 7 heteroatoms. The van der Waals surface area contributed by atoms with E-state index in [-0.39, 0.29) is 25.7 Å². The number of carbonyl (C=O) groups is 3. The Morgan fingerprint density at radius 2 is 1.79 bits per heavy atom. The summed E-state index contributed by atoms with van der Waals surface area (Å²) >= 11 is 0. The average Bonchev–Trinajstić information content (AvgIpc) is 3.00. The lowest BCUT2D eigenvalue weighted by Gasteiger charge is -2.28. The first-order valence-corrected chi connectivity index (χ1v) is 9.74. The fourth-order valence-electron chi connectivity index (χ4n) is 3.58. The smallest absolute Gasteiger partial charge is 0.339 e. The maximum absolute atomic E-state index is 12.4. The van der Waals surface area contributed by atoms with Crippen LogP contribution in [0.4, 0.5) is 0 Å². The topological polar surface area (TPSA) is 77.8 Å². The zero-order valence-corrected chi connectivity index (χ0v) is 17.1. The summed E-state index contributed by atoms with van der Waals surface area (Å²) in [5.41, 5.74) is 4.20. The van der Waals surface area contributed by atoms with Crippen molar-refractivity contribution >= 4 is 17.8 Å². The van der Waals surface area contributed by atoms with Crippen LogP contribution in [-0.4, -0.2) is 47.1 Å². The fourth-order valence-corrected chi connectivity index (χ4v) is 3.58. The molecule has 1 aliphatic heterocycles. The Balaban J connectivity index is 1.55. The van der Waals surface area contributed by atoms with Crippen LogP contribution < -0.4 is 0 Å². The third-order valence-electron chi connectivity index (χ3n) is 5.20. The van der Waals surface area contributed by atoms with Crippen LogP contribution in [-0.2, 0) is 38.6 Å². The molecular weight excluding hydrogens is 372 g/mol. The number of fused-ring (bicyclic) bond motifs is 1. The molecule has 0 N–H and O–H groups in total. The lowest BCUT2D eigenvalue weighted by Crippen LogP contribution is -2.38. The molecule has 2 aromatic rings. The number of aromatic nitrogens is 1. The molecule has 0 radical (unpaired) electrons. The van der Waals surface area contributed by atoms with Gasteiger partial charge in [-0.25, -0.2) is 4.79 Å². The first kappa shape index (κ1) is 20.6. The Morgan fingerprint density at radius 1 is 1.07 bits per heavy atom. The zero-order chi connectivity index (χ0) is 21.0. The fraction of sp³-hybridized carbons (Fsp3) is 0.409.